The van der Waals surface area contributed by atoms with E-state index in [1.165, 1.54) is 0 Å². The molecule has 0 fully saturated rings. The van der Waals surface area contributed by atoms with E-state index in [1.54, 1.807) is 16.2 Å². The summed E-state index contributed by atoms with van der Waals surface area (Å²) in [4.78, 5) is 21.9. The molecule has 0 spiro atoms. The van der Waals surface area contributed by atoms with Crippen LogP contribution in [-0.4, -0.2) is 49.1 Å². The van der Waals surface area contributed by atoms with Gasteiger partial charge in [0.05, 0.1) is 16.3 Å². The fraction of sp³-hybridized carbons (Fsp3) is 0.364. The van der Waals surface area contributed by atoms with Crippen molar-refractivity contribution >= 4 is 32.6 Å². The first-order valence-electron chi connectivity index (χ1n) is 9.44. The number of aryl methyl sites for hydroxylation is 1. The van der Waals surface area contributed by atoms with Crippen LogP contribution in [0.4, 0.5) is 5.13 Å². The summed E-state index contributed by atoms with van der Waals surface area (Å²) in [7, 11) is 4.01. The van der Waals surface area contributed by atoms with Gasteiger partial charge >= 0.3 is 0 Å². The number of likely N-dealkylation sites (N-methyl/N-ethyl adjacent to an activating group) is 1. The van der Waals surface area contributed by atoms with Gasteiger partial charge in [0.2, 0.25) is 0 Å². The summed E-state index contributed by atoms with van der Waals surface area (Å²) in [5, 5.41) is 0.735. The molecule has 5 nitrogen and oxygen atoms in total. The number of carbonyl (C=O) groups excluding carboxylic acids is 1. The van der Waals surface area contributed by atoms with E-state index < -0.39 is 0 Å². The minimum atomic E-state index is -0.0466. The van der Waals surface area contributed by atoms with E-state index in [-0.39, 0.29) is 12.0 Å². The first kappa shape index (κ1) is 20.3. The first-order chi connectivity index (χ1) is 13.3. The van der Waals surface area contributed by atoms with Crippen LogP contribution in [0.15, 0.2) is 42.5 Å². The topological polar surface area (TPSA) is 45.7 Å². The molecule has 0 atom stereocenters. The second-order valence-electron chi connectivity index (χ2n) is 7.37. The number of nitrogens with zero attached hydrogens (tertiary/aromatic N) is 3. The Balaban J connectivity index is 1.92. The standard InChI is InChI=1S/C22H27N3O2S/c1-15(2)27-18-11-9-17(10-12-18)21(26)25(14-13-24(4)5)22-23-20-16(3)7-6-8-19(20)28-22/h6-12,15H,13-14H2,1-5H3. The van der Waals surface area contributed by atoms with Gasteiger partial charge in [-0.1, -0.05) is 23.5 Å². The number of aromatic nitrogens is 1. The van der Waals surface area contributed by atoms with Gasteiger partial charge in [0.25, 0.3) is 5.91 Å². The number of ether oxygens (including phenoxy) is 1. The maximum atomic E-state index is 13.3. The quantitative estimate of drug-likeness (QED) is 0.584. The van der Waals surface area contributed by atoms with Crippen molar-refractivity contribution < 1.29 is 9.53 Å². The lowest BCUT2D eigenvalue weighted by molar-refractivity contribution is 0.0985. The molecule has 0 bridgehead atoms. The van der Waals surface area contributed by atoms with Crippen molar-refractivity contribution in [2.75, 3.05) is 32.1 Å². The van der Waals surface area contributed by atoms with Crippen LogP contribution in [0.2, 0.25) is 0 Å². The van der Waals surface area contributed by atoms with Crippen LogP contribution in [0, 0.1) is 6.92 Å². The lowest BCUT2D eigenvalue weighted by Gasteiger charge is -2.22. The van der Waals surface area contributed by atoms with Crippen molar-refractivity contribution in [3.8, 4) is 5.75 Å². The zero-order valence-corrected chi connectivity index (χ0v) is 17.9. The highest BCUT2D eigenvalue weighted by atomic mass is 32.1. The van der Waals surface area contributed by atoms with Crippen LogP contribution < -0.4 is 9.64 Å². The Kier molecular flexibility index (Phi) is 6.31. The molecule has 0 saturated heterocycles. The molecule has 0 aliphatic carbocycles. The van der Waals surface area contributed by atoms with Crippen LogP contribution in [-0.2, 0) is 0 Å². The van der Waals surface area contributed by atoms with Crippen molar-refractivity contribution in [3.05, 3.63) is 53.6 Å². The van der Waals surface area contributed by atoms with E-state index in [0.717, 1.165) is 33.2 Å². The minimum absolute atomic E-state index is 0.0466. The third-order valence-corrected chi connectivity index (χ3v) is 5.37. The highest BCUT2D eigenvalue weighted by Gasteiger charge is 2.22. The van der Waals surface area contributed by atoms with Crippen LogP contribution in [0.5, 0.6) is 5.75 Å². The number of benzene rings is 2. The van der Waals surface area contributed by atoms with Gasteiger partial charge < -0.3 is 9.64 Å². The molecule has 1 heterocycles. The summed E-state index contributed by atoms with van der Waals surface area (Å²) in [5.41, 5.74) is 2.71. The lowest BCUT2D eigenvalue weighted by atomic mass is 10.2. The zero-order chi connectivity index (χ0) is 20.3. The molecule has 0 N–H and O–H groups in total. The van der Waals surface area contributed by atoms with E-state index in [2.05, 4.69) is 11.0 Å². The first-order valence-corrected chi connectivity index (χ1v) is 10.3. The van der Waals surface area contributed by atoms with Crippen molar-refractivity contribution in [3.63, 3.8) is 0 Å². The summed E-state index contributed by atoms with van der Waals surface area (Å²) in [6, 6.07) is 13.5. The molecule has 28 heavy (non-hydrogen) atoms. The molecule has 0 saturated carbocycles. The van der Waals surface area contributed by atoms with Gasteiger partial charge in [0.15, 0.2) is 5.13 Å². The average Bonchev–Trinajstić information content (AvgIpc) is 3.07. The lowest BCUT2D eigenvalue weighted by Crippen LogP contribution is -2.36. The number of para-hydroxylation sites is 1. The Bertz CT molecular complexity index is 948. The highest BCUT2D eigenvalue weighted by molar-refractivity contribution is 7.22. The number of fused-ring (bicyclic) bond motifs is 1. The molecular formula is C22H27N3O2S. The van der Waals surface area contributed by atoms with Gasteiger partial charge in [-0.3, -0.25) is 9.69 Å². The summed E-state index contributed by atoms with van der Waals surface area (Å²) in [6.07, 6.45) is 0.101. The van der Waals surface area contributed by atoms with E-state index >= 15 is 0 Å². The molecule has 1 aromatic heterocycles. The molecule has 148 valence electrons. The Morgan fingerprint density at radius 1 is 1.11 bits per heavy atom. The van der Waals surface area contributed by atoms with Gasteiger partial charge in [-0.05, 0) is 70.8 Å². The molecule has 1 amide bonds. The molecule has 0 aliphatic heterocycles. The van der Waals surface area contributed by atoms with Crippen molar-refractivity contribution in [1.82, 2.24) is 9.88 Å². The predicted molar refractivity (Wildman–Crippen MR) is 117 cm³/mol. The van der Waals surface area contributed by atoms with E-state index in [0.29, 0.717) is 12.1 Å². The number of hydrogen-bond donors (Lipinski definition) is 0. The highest BCUT2D eigenvalue weighted by Crippen LogP contribution is 2.31. The summed E-state index contributed by atoms with van der Waals surface area (Å²) in [5.74, 6) is 0.719. The van der Waals surface area contributed by atoms with Crippen molar-refractivity contribution in [2.24, 2.45) is 0 Å². The van der Waals surface area contributed by atoms with Crippen molar-refractivity contribution in [1.29, 1.82) is 0 Å². The maximum Gasteiger partial charge on any atom is 0.260 e. The molecular weight excluding hydrogens is 370 g/mol. The molecule has 0 unspecified atom stereocenters. The number of anilines is 1. The number of rotatable bonds is 7. The molecule has 3 rings (SSSR count). The molecule has 0 aliphatic rings. The van der Waals surface area contributed by atoms with E-state index in [4.69, 9.17) is 9.72 Å². The van der Waals surface area contributed by atoms with Gasteiger partial charge in [-0.15, -0.1) is 0 Å². The third-order valence-electron chi connectivity index (χ3n) is 4.33. The zero-order valence-electron chi connectivity index (χ0n) is 17.1. The molecule has 3 aromatic rings. The molecule has 0 radical (unpaired) electrons. The van der Waals surface area contributed by atoms with Crippen LogP contribution in [0.25, 0.3) is 10.2 Å². The number of carbonyl (C=O) groups is 1. The van der Waals surface area contributed by atoms with E-state index in [1.807, 2.05) is 71.3 Å². The third kappa shape index (κ3) is 4.69. The van der Waals surface area contributed by atoms with Crippen LogP contribution in [0.3, 0.4) is 0 Å². The summed E-state index contributed by atoms with van der Waals surface area (Å²) < 4.78 is 6.78. The Morgan fingerprint density at radius 3 is 2.43 bits per heavy atom. The Hall–Kier alpha value is -2.44. The fourth-order valence-electron chi connectivity index (χ4n) is 2.88. The van der Waals surface area contributed by atoms with Gasteiger partial charge in [-0.25, -0.2) is 4.98 Å². The normalized spacial score (nSPS) is 11.4. The average molecular weight is 398 g/mol. The van der Waals surface area contributed by atoms with E-state index in [9.17, 15) is 4.79 Å². The second-order valence-corrected chi connectivity index (χ2v) is 8.38. The number of amides is 1. The molecule has 2 aromatic carbocycles. The molecule has 6 heteroatoms. The maximum absolute atomic E-state index is 13.3. The minimum Gasteiger partial charge on any atom is -0.491 e. The number of hydrogen-bond acceptors (Lipinski definition) is 5. The Labute approximate surface area is 170 Å². The van der Waals surface area contributed by atoms with Gasteiger partial charge in [-0.2, -0.15) is 0 Å². The largest absolute Gasteiger partial charge is 0.491 e. The van der Waals surface area contributed by atoms with Gasteiger partial charge in [0.1, 0.15) is 5.75 Å². The van der Waals surface area contributed by atoms with Gasteiger partial charge in [0, 0.05) is 18.7 Å². The SMILES string of the molecule is Cc1cccc2sc(N(CCN(C)C)C(=O)c3ccc(OC(C)C)cc3)nc12. The smallest absolute Gasteiger partial charge is 0.260 e. The van der Waals surface area contributed by atoms with Crippen molar-refractivity contribution in [2.45, 2.75) is 26.9 Å². The second kappa shape index (κ2) is 8.71. The predicted octanol–water partition coefficient (Wildman–Crippen LogP) is 4.60. The summed E-state index contributed by atoms with van der Waals surface area (Å²) >= 11 is 1.56. The summed E-state index contributed by atoms with van der Waals surface area (Å²) in [6.45, 7) is 7.35. The van der Waals surface area contributed by atoms with Crippen LogP contribution >= 0.6 is 11.3 Å². The van der Waals surface area contributed by atoms with Crippen LogP contribution in [0.1, 0.15) is 29.8 Å². The number of thiazole rings is 1. The fourth-order valence-corrected chi connectivity index (χ4v) is 3.95. The Morgan fingerprint density at radius 2 is 1.82 bits per heavy atom. The monoisotopic (exact) mass is 397 g/mol.